The van der Waals surface area contributed by atoms with Gasteiger partial charge in [-0.25, -0.2) is 4.98 Å². The number of nitrogens with one attached hydrogen (secondary N) is 1. The monoisotopic (exact) mass is 241 g/mol. The van der Waals surface area contributed by atoms with Crippen molar-refractivity contribution in [1.29, 1.82) is 0 Å². The minimum absolute atomic E-state index is 0.0156. The van der Waals surface area contributed by atoms with E-state index in [4.69, 9.17) is 0 Å². The Balaban J connectivity index is 2.37. The Morgan fingerprint density at radius 2 is 2.06 bits per heavy atom. The van der Waals surface area contributed by atoms with Gasteiger partial charge < -0.3 is 4.98 Å². The maximum absolute atomic E-state index is 10.7. The second kappa shape index (κ2) is 3.53. The van der Waals surface area contributed by atoms with E-state index in [0.717, 1.165) is 27.5 Å². The molecule has 90 valence electrons. The van der Waals surface area contributed by atoms with Crippen LogP contribution in [0.5, 0.6) is 0 Å². The first-order chi connectivity index (χ1) is 8.56. The van der Waals surface area contributed by atoms with E-state index in [0.29, 0.717) is 0 Å². The first-order valence-electron chi connectivity index (χ1n) is 5.59. The van der Waals surface area contributed by atoms with Gasteiger partial charge in [-0.3, -0.25) is 10.1 Å². The highest BCUT2D eigenvalue weighted by Crippen LogP contribution is 2.27. The number of H-pyrrole nitrogens is 1. The maximum atomic E-state index is 10.7. The molecule has 5 heteroatoms. The van der Waals surface area contributed by atoms with Crippen molar-refractivity contribution in [3.63, 3.8) is 0 Å². The molecule has 0 atom stereocenters. The third kappa shape index (κ3) is 1.44. The molecule has 0 aliphatic rings. The minimum atomic E-state index is -0.429. The number of aryl methyl sites for hydroxylation is 2. The quantitative estimate of drug-likeness (QED) is 0.525. The zero-order valence-corrected chi connectivity index (χ0v) is 10.0. The molecule has 0 unspecified atom stereocenters. The molecule has 3 rings (SSSR count). The molecule has 3 aromatic rings. The molecule has 2 heterocycles. The highest BCUT2D eigenvalue weighted by Gasteiger charge is 2.10. The fourth-order valence-electron chi connectivity index (χ4n) is 2.18. The predicted octanol–water partition coefficient (Wildman–Crippen LogP) is 3.24. The van der Waals surface area contributed by atoms with Gasteiger partial charge in [-0.15, -0.1) is 0 Å². The summed E-state index contributed by atoms with van der Waals surface area (Å²) in [6.45, 7) is 4.06. The van der Waals surface area contributed by atoms with Crippen molar-refractivity contribution in [3.8, 4) is 0 Å². The third-order valence-corrected chi connectivity index (χ3v) is 3.31. The molecule has 0 aliphatic heterocycles. The van der Waals surface area contributed by atoms with Crippen LogP contribution in [-0.2, 0) is 0 Å². The number of aromatic amines is 1. The summed E-state index contributed by atoms with van der Waals surface area (Å²) in [6.07, 6.45) is 1.29. The molecule has 0 spiro atoms. The molecule has 0 aliphatic carbocycles. The van der Waals surface area contributed by atoms with Crippen LogP contribution in [0.3, 0.4) is 0 Å². The van der Waals surface area contributed by atoms with Gasteiger partial charge >= 0.3 is 0 Å². The van der Waals surface area contributed by atoms with Crippen molar-refractivity contribution in [2.24, 2.45) is 0 Å². The average molecular weight is 241 g/mol. The topological polar surface area (TPSA) is 71.8 Å². The van der Waals surface area contributed by atoms with Crippen LogP contribution in [-0.4, -0.2) is 14.9 Å². The van der Waals surface area contributed by atoms with Crippen molar-refractivity contribution >= 4 is 27.5 Å². The molecular weight excluding hydrogens is 230 g/mol. The molecule has 0 saturated heterocycles. The summed E-state index contributed by atoms with van der Waals surface area (Å²) in [5.41, 5.74) is 4.07. The molecule has 1 N–H and O–H groups in total. The smallest absolute Gasteiger partial charge is 0.288 e. The molecule has 0 saturated carbocycles. The van der Waals surface area contributed by atoms with Gasteiger partial charge in [0.05, 0.1) is 10.4 Å². The van der Waals surface area contributed by atoms with Crippen molar-refractivity contribution < 1.29 is 4.92 Å². The van der Waals surface area contributed by atoms with Gasteiger partial charge in [0.2, 0.25) is 0 Å². The Kier molecular flexibility index (Phi) is 2.10. The van der Waals surface area contributed by atoms with Gasteiger partial charge in [0.25, 0.3) is 5.69 Å². The van der Waals surface area contributed by atoms with Crippen LogP contribution in [0, 0.1) is 24.0 Å². The van der Waals surface area contributed by atoms with Crippen LogP contribution < -0.4 is 0 Å². The number of nitro groups is 1. The lowest BCUT2D eigenvalue weighted by atomic mass is 10.1. The van der Waals surface area contributed by atoms with Crippen molar-refractivity contribution in [3.05, 3.63) is 45.8 Å². The van der Waals surface area contributed by atoms with E-state index in [2.05, 4.69) is 9.97 Å². The average Bonchev–Trinajstić information content (AvgIpc) is 2.61. The van der Waals surface area contributed by atoms with Gasteiger partial charge in [0.15, 0.2) is 0 Å². The van der Waals surface area contributed by atoms with Crippen LogP contribution in [0.15, 0.2) is 24.4 Å². The molecule has 0 bridgehead atoms. The fourth-order valence-corrected chi connectivity index (χ4v) is 2.18. The maximum Gasteiger partial charge on any atom is 0.288 e. The van der Waals surface area contributed by atoms with Crippen molar-refractivity contribution in [2.45, 2.75) is 13.8 Å². The molecule has 0 radical (unpaired) electrons. The van der Waals surface area contributed by atoms with Gasteiger partial charge in [-0.05, 0) is 31.5 Å². The molecule has 18 heavy (non-hydrogen) atoms. The fraction of sp³-hybridized carbons (Fsp3) is 0.154. The largest absolute Gasteiger partial charge is 0.358 e. The number of aromatic nitrogens is 2. The molecule has 0 amide bonds. The Hall–Kier alpha value is -2.43. The predicted molar refractivity (Wildman–Crippen MR) is 69.7 cm³/mol. The highest BCUT2D eigenvalue weighted by molar-refractivity contribution is 5.97. The van der Waals surface area contributed by atoms with E-state index >= 15 is 0 Å². The summed E-state index contributed by atoms with van der Waals surface area (Å²) in [5.74, 6) is 0. The van der Waals surface area contributed by atoms with Crippen molar-refractivity contribution in [2.75, 3.05) is 0 Å². The van der Waals surface area contributed by atoms with E-state index in [-0.39, 0.29) is 5.69 Å². The second-order valence-corrected chi connectivity index (χ2v) is 4.42. The normalized spacial score (nSPS) is 11.2. The number of hydrogen-bond donors (Lipinski definition) is 1. The number of hydrogen-bond acceptors (Lipinski definition) is 3. The van der Waals surface area contributed by atoms with Gasteiger partial charge in [-0.1, -0.05) is 0 Å². The number of rotatable bonds is 1. The highest BCUT2D eigenvalue weighted by atomic mass is 16.6. The Bertz CT molecular complexity index is 790. The van der Waals surface area contributed by atoms with Gasteiger partial charge in [-0.2, -0.15) is 0 Å². The lowest BCUT2D eigenvalue weighted by Gasteiger charge is -1.98. The number of pyridine rings is 1. The lowest BCUT2D eigenvalue weighted by molar-refractivity contribution is -0.385. The van der Waals surface area contributed by atoms with Gasteiger partial charge in [0.1, 0.15) is 6.20 Å². The Labute approximate surface area is 103 Å². The summed E-state index contributed by atoms with van der Waals surface area (Å²) in [5, 5.41) is 12.6. The van der Waals surface area contributed by atoms with Crippen LogP contribution >= 0.6 is 0 Å². The minimum Gasteiger partial charge on any atom is -0.358 e. The van der Waals surface area contributed by atoms with Crippen LogP contribution in [0.2, 0.25) is 0 Å². The Morgan fingerprint density at radius 3 is 2.78 bits per heavy atom. The molecule has 1 aromatic carbocycles. The number of nitrogens with zero attached hydrogens (tertiary/aromatic N) is 2. The molecular formula is C13H11N3O2. The first-order valence-corrected chi connectivity index (χ1v) is 5.59. The summed E-state index contributed by atoms with van der Waals surface area (Å²) < 4.78 is 0. The van der Waals surface area contributed by atoms with Crippen LogP contribution in [0.25, 0.3) is 21.8 Å². The van der Waals surface area contributed by atoms with E-state index in [1.165, 1.54) is 11.8 Å². The van der Waals surface area contributed by atoms with E-state index in [1.807, 2.05) is 26.0 Å². The number of benzene rings is 1. The summed E-state index contributed by atoms with van der Waals surface area (Å²) in [4.78, 5) is 17.7. The van der Waals surface area contributed by atoms with Crippen LogP contribution in [0.4, 0.5) is 5.69 Å². The SMILES string of the molecule is Cc1[nH]c2cc3cc([N+](=O)[O-])cnc3cc2c1C. The van der Waals surface area contributed by atoms with E-state index in [9.17, 15) is 10.1 Å². The summed E-state index contributed by atoms with van der Waals surface area (Å²) in [7, 11) is 0. The molecule has 2 aromatic heterocycles. The lowest BCUT2D eigenvalue weighted by Crippen LogP contribution is -1.89. The van der Waals surface area contributed by atoms with E-state index < -0.39 is 4.92 Å². The molecule has 0 fully saturated rings. The van der Waals surface area contributed by atoms with Gasteiger partial charge in [0, 0.05) is 28.0 Å². The standard InChI is InChI=1S/C13H11N3O2/c1-7-8(2)15-13-4-9-3-10(16(17)18)6-14-12(9)5-11(7)13/h3-6,15H,1-2H3. The van der Waals surface area contributed by atoms with Crippen LogP contribution in [0.1, 0.15) is 11.3 Å². The summed E-state index contributed by atoms with van der Waals surface area (Å²) >= 11 is 0. The zero-order valence-electron chi connectivity index (χ0n) is 10.0. The number of fused-ring (bicyclic) bond motifs is 2. The van der Waals surface area contributed by atoms with Crippen molar-refractivity contribution in [1.82, 2.24) is 9.97 Å². The zero-order chi connectivity index (χ0) is 12.9. The Morgan fingerprint density at radius 1 is 1.28 bits per heavy atom. The molecule has 5 nitrogen and oxygen atoms in total. The van der Waals surface area contributed by atoms with E-state index in [1.54, 1.807) is 6.07 Å². The first kappa shape index (κ1) is 10.7. The summed E-state index contributed by atoms with van der Waals surface area (Å²) in [6, 6.07) is 5.42. The third-order valence-electron chi connectivity index (χ3n) is 3.31. The second-order valence-electron chi connectivity index (χ2n) is 4.42.